The van der Waals surface area contributed by atoms with Gasteiger partial charge in [-0.25, -0.2) is 9.29 Å². The van der Waals surface area contributed by atoms with Crippen molar-refractivity contribution in [2.45, 2.75) is 0 Å². The SMILES string of the molecule is C#CCOc1c(Br)cc(/C=C2\C(=O)NC(=S)N(c3ccccc3F)C2=O)cc1OC. The van der Waals surface area contributed by atoms with Crippen molar-refractivity contribution in [3.8, 4) is 23.8 Å². The fraction of sp³-hybridized carbons (Fsp3) is 0.0952. The standard InChI is InChI=1S/C21H14BrFN2O4S/c1-3-8-29-18-14(22)10-12(11-17(18)28-2)9-13-19(26)24-21(30)25(20(13)27)16-7-5-4-6-15(16)23/h1,4-7,9-11H,8H2,2H3,(H,24,26,30)/b13-9+. The summed E-state index contributed by atoms with van der Waals surface area (Å²) in [6.07, 6.45) is 6.57. The molecule has 6 nitrogen and oxygen atoms in total. The van der Waals surface area contributed by atoms with E-state index in [1.54, 1.807) is 18.2 Å². The van der Waals surface area contributed by atoms with Gasteiger partial charge in [0.15, 0.2) is 16.6 Å². The minimum absolute atomic E-state index is 0.0331. The van der Waals surface area contributed by atoms with E-state index in [2.05, 4.69) is 27.2 Å². The molecule has 1 aliphatic rings. The largest absolute Gasteiger partial charge is 0.493 e. The molecule has 1 saturated heterocycles. The molecule has 1 heterocycles. The molecular weight excluding hydrogens is 475 g/mol. The van der Waals surface area contributed by atoms with Gasteiger partial charge >= 0.3 is 0 Å². The number of anilines is 1. The molecule has 0 radical (unpaired) electrons. The van der Waals surface area contributed by atoms with Crippen LogP contribution in [0.15, 0.2) is 46.4 Å². The average Bonchev–Trinajstić information content (AvgIpc) is 2.71. The molecule has 0 unspecified atom stereocenters. The molecule has 0 aliphatic carbocycles. The van der Waals surface area contributed by atoms with Crippen molar-refractivity contribution in [2.24, 2.45) is 0 Å². The number of nitrogens with zero attached hydrogens (tertiary/aromatic N) is 1. The van der Waals surface area contributed by atoms with E-state index in [1.165, 1.54) is 31.4 Å². The monoisotopic (exact) mass is 488 g/mol. The molecule has 2 aromatic carbocycles. The second kappa shape index (κ2) is 9.07. The summed E-state index contributed by atoms with van der Waals surface area (Å²) in [6, 6.07) is 8.84. The summed E-state index contributed by atoms with van der Waals surface area (Å²) < 4.78 is 25.5. The van der Waals surface area contributed by atoms with Gasteiger partial charge in [-0.3, -0.25) is 14.9 Å². The molecule has 9 heteroatoms. The van der Waals surface area contributed by atoms with Crippen molar-refractivity contribution in [2.75, 3.05) is 18.6 Å². The number of amides is 2. The number of nitrogens with one attached hydrogen (secondary N) is 1. The van der Waals surface area contributed by atoms with Crippen LogP contribution >= 0.6 is 28.1 Å². The fourth-order valence-electron chi connectivity index (χ4n) is 2.75. The van der Waals surface area contributed by atoms with Gasteiger partial charge in [-0.05, 0) is 64.1 Å². The maximum atomic E-state index is 14.2. The van der Waals surface area contributed by atoms with Crippen LogP contribution in [0.25, 0.3) is 6.08 Å². The van der Waals surface area contributed by atoms with Gasteiger partial charge in [-0.2, -0.15) is 0 Å². The summed E-state index contributed by atoms with van der Waals surface area (Å²) in [6.45, 7) is 0.0331. The van der Waals surface area contributed by atoms with E-state index < -0.39 is 17.6 Å². The Morgan fingerprint density at radius 3 is 2.73 bits per heavy atom. The quantitative estimate of drug-likeness (QED) is 0.302. The Balaban J connectivity index is 2.04. The summed E-state index contributed by atoms with van der Waals surface area (Å²) in [7, 11) is 1.44. The van der Waals surface area contributed by atoms with Crippen LogP contribution in [0.2, 0.25) is 0 Å². The van der Waals surface area contributed by atoms with Crippen LogP contribution in [-0.2, 0) is 9.59 Å². The van der Waals surface area contributed by atoms with Gasteiger partial charge in [0.05, 0.1) is 17.3 Å². The first-order chi connectivity index (χ1) is 14.4. The van der Waals surface area contributed by atoms with Gasteiger partial charge < -0.3 is 9.47 Å². The highest BCUT2D eigenvalue weighted by atomic mass is 79.9. The van der Waals surface area contributed by atoms with Crippen molar-refractivity contribution < 1.29 is 23.5 Å². The van der Waals surface area contributed by atoms with Crippen LogP contribution < -0.4 is 19.7 Å². The Bertz CT molecular complexity index is 1130. The van der Waals surface area contributed by atoms with E-state index in [0.717, 1.165) is 4.90 Å². The second-order valence-corrected chi connectivity index (χ2v) is 7.18. The smallest absolute Gasteiger partial charge is 0.270 e. The number of terminal acetylenes is 1. The van der Waals surface area contributed by atoms with Crippen LogP contribution in [0.3, 0.4) is 0 Å². The van der Waals surface area contributed by atoms with E-state index in [-0.39, 0.29) is 23.0 Å². The highest BCUT2D eigenvalue weighted by Crippen LogP contribution is 2.37. The van der Waals surface area contributed by atoms with Crippen molar-refractivity contribution in [3.63, 3.8) is 0 Å². The Kier molecular flexibility index (Phi) is 6.50. The van der Waals surface area contributed by atoms with Crippen molar-refractivity contribution in [1.29, 1.82) is 0 Å². The molecule has 1 fully saturated rings. The van der Waals surface area contributed by atoms with Gasteiger partial charge in [-0.1, -0.05) is 18.1 Å². The van der Waals surface area contributed by atoms with E-state index >= 15 is 0 Å². The lowest BCUT2D eigenvalue weighted by atomic mass is 10.1. The Labute approximate surface area is 185 Å². The first kappa shape index (κ1) is 21.5. The zero-order valence-electron chi connectivity index (χ0n) is 15.6. The Morgan fingerprint density at radius 1 is 1.33 bits per heavy atom. The normalized spacial score (nSPS) is 15.1. The molecule has 0 bridgehead atoms. The highest BCUT2D eigenvalue weighted by molar-refractivity contribution is 9.10. The molecule has 2 amide bonds. The number of rotatable bonds is 5. The highest BCUT2D eigenvalue weighted by Gasteiger charge is 2.35. The number of thiocarbonyl (C=S) groups is 1. The molecule has 0 aromatic heterocycles. The number of halogens is 2. The molecule has 3 rings (SSSR count). The number of carbonyl (C=O) groups excluding carboxylic acids is 2. The molecule has 2 aromatic rings. The van der Waals surface area contributed by atoms with Crippen LogP contribution in [0, 0.1) is 18.2 Å². The van der Waals surface area contributed by atoms with Crippen molar-refractivity contribution in [1.82, 2.24) is 5.32 Å². The number of para-hydroxylation sites is 1. The maximum absolute atomic E-state index is 14.2. The number of hydrogen-bond donors (Lipinski definition) is 1. The van der Waals surface area contributed by atoms with Crippen LogP contribution in [0.5, 0.6) is 11.5 Å². The molecule has 0 atom stereocenters. The predicted octanol–water partition coefficient (Wildman–Crippen LogP) is 3.44. The number of methoxy groups -OCH3 is 1. The van der Waals surface area contributed by atoms with Gasteiger partial charge in [0.25, 0.3) is 11.8 Å². The summed E-state index contributed by atoms with van der Waals surface area (Å²) in [5.41, 5.74) is 0.180. The summed E-state index contributed by atoms with van der Waals surface area (Å²) >= 11 is 8.44. The predicted molar refractivity (Wildman–Crippen MR) is 118 cm³/mol. The fourth-order valence-corrected chi connectivity index (χ4v) is 3.60. The molecule has 1 N–H and O–H groups in total. The summed E-state index contributed by atoms with van der Waals surface area (Å²) in [5.74, 6) is 0.987. The third-order valence-electron chi connectivity index (χ3n) is 4.06. The zero-order chi connectivity index (χ0) is 21.8. The molecule has 1 aliphatic heterocycles. The first-order valence-corrected chi connectivity index (χ1v) is 9.67. The Hall–Kier alpha value is -3.22. The number of hydrogen-bond acceptors (Lipinski definition) is 5. The zero-order valence-corrected chi connectivity index (χ0v) is 18.0. The van der Waals surface area contributed by atoms with E-state index in [9.17, 15) is 14.0 Å². The van der Waals surface area contributed by atoms with Crippen molar-refractivity contribution >= 4 is 56.8 Å². The van der Waals surface area contributed by atoms with Crippen LogP contribution in [0.4, 0.5) is 10.1 Å². The minimum atomic E-state index is -0.753. The van der Waals surface area contributed by atoms with Crippen molar-refractivity contribution in [3.05, 3.63) is 57.8 Å². The molecule has 0 saturated carbocycles. The lowest BCUT2D eigenvalue weighted by Crippen LogP contribution is -2.54. The van der Waals surface area contributed by atoms with Crippen LogP contribution in [0.1, 0.15) is 5.56 Å². The minimum Gasteiger partial charge on any atom is -0.493 e. The molecular formula is C21H14BrFN2O4S. The summed E-state index contributed by atoms with van der Waals surface area (Å²) in [4.78, 5) is 26.4. The third-order valence-corrected chi connectivity index (χ3v) is 4.93. The lowest BCUT2D eigenvalue weighted by Gasteiger charge is -2.29. The summed E-state index contributed by atoms with van der Waals surface area (Å²) in [5, 5.41) is 2.21. The Morgan fingerprint density at radius 2 is 2.07 bits per heavy atom. The first-order valence-electron chi connectivity index (χ1n) is 8.47. The van der Waals surface area contributed by atoms with E-state index in [0.29, 0.717) is 21.5 Å². The van der Waals surface area contributed by atoms with Gasteiger partial charge in [0, 0.05) is 0 Å². The van der Waals surface area contributed by atoms with Gasteiger partial charge in [-0.15, -0.1) is 6.42 Å². The molecule has 0 spiro atoms. The number of benzene rings is 2. The average molecular weight is 489 g/mol. The molecule has 30 heavy (non-hydrogen) atoms. The van der Waals surface area contributed by atoms with Crippen LogP contribution in [-0.4, -0.2) is 30.6 Å². The van der Waals surface area contributed by atoms with E-state index in [1.807, 2.05) is 0 Å². The number of carbonyl (C=O) groups is 2. The van der Waals surface area contributed by atoms with E-state index in [4.69, 9.17) is 28.1 Å². The number of ether oxygens (including phenoxy) is 2. The molecule has 152 valence electrons. The second-order valence-electron chi connectivity index (χ2n) is 5.94. The lowest BCUT2D eigenvalue weighted by molar-refractivity contribution is -0.122. The third kappa shape index (κ3) is 4.20. The van der Waals surface area contributed by atoms with Gasteiger partial charge in [0.2, 0.25) is 0 Å². The van der Waals surface area contributed by atoms with Gasteiger partial charge in [0.1, 0.15) is 18.0 Å². The topological polar surface area (TPSA) is 67.9 Å². The maximum Gasteiger partial charge on any atom is 0.270 e.